The SMILES string of the molecule is CC1(NC(=O)c2ccc(-c3csc(N4CCC(N5CCOCC5)CC4)n3)cc2)CCCCC1. The highest BCUT2D eigenvalue weighted by molar-refractivity contribution is 7.14. The number of nitrogens with zero attached hydrogens (tertiary/aromatic N) is 3. The number of carbonyl (C=O) groups is 1. The van der Waals surface area contributed by atoms with Crippen molar-refractivity contribution in [3.63, 3.8) is 0 Å². The van der Waals surface area contributed by atoms with Crippen LogP contribution in [-0.2, 0) is 4.74 Å². The van der Waals surface area contributed by atoms with Crippen molar-refractivity contribution < 1.29 is 9.53 Å². The fourth-order valence-corrected chi connectivity index (χ4v) is 6.39. The van der Waals surface area contributed by atoms with Gasteiger partial charge in [0.15, 0.2) is 5.13 Å². The zero-order valence-corrected chi connectivity index (χ0v) is 20.5. The average molecular weight is 469 g/mol. The van der Waals surface area contributed by atoms with Gasteiger partial charge in [-0.05, 0) is 44.7 Å². The average Bonchev–Trinajstić information content (AvgIpc) is 3.35. The maximum atomic E-state index is 12.8. The third kappa shape index (κ3) is 5.42. The predicted octanol–water partition coefficient (Wildman–Crippen LogP) is 4.56. The molecule has 1 aromatic heterocycles. The number of morpholine rings is 1. The molecule has 1 saturated carbocycles. The van der Waals surface area contributed by atoms with Crippen molar-refractivity contribution in [2.45, 2.75) is 63.5 Å². The minimum Gasteiger partial charge on any atom is -0.379 e. The summed E-state index contributed by atoms with van der Waals surface area (Å²) in [7, 11) is 0. The van der Waals surface area contributed by atoms with Crippen LogP contribution in [0.15, 0.2) is 29.6 Å². The maximum absolute atomic E-state index is 12.8. The van der Waals surface area contributed by atoms with E-state index in [1.165, 1.54) is 32.1 Å². The van der Waals surface area contributed by atoms with E-state index in [2.05, 4.69) is 27.4 Å². The molecule has 0 atom stereocenters. The van der Waals surface area contributed by atoms with Gasteiger partial charge in [-0.25, -0.2) is 4.98 Å². The fraction of sp³-hybridized carbons (Fsp3) is 0.615. The van der Waals surface area contributed by atoms with E-state index in [0.29, 0.717) is 6.04 Å². The van der Waals surface area contributed by atoms with Crippen LogP contribution in [0, 0.1) is 0 Å². The second-order valence-electron chi connectivity index (χ2n) is 10.0. The number of anilines is 1. The normalized spacial score (nSPS) is 22.3. The monoisotopic (exact) mass is 468 g/mol. The lowest BCUT2D eigenvalue weighted by atomic mass is 9.83. The lowest BCUT2D eigenvalue weighted by Gasteiger charge is -2.40. The van der Waals surface area contributed by atoms with Crippen LogP contribution in [0.2, 0.25) is 0 Å². The molecule has 178 valence electrons. The van der Waals surface area contributed by atoms with Gasteiger partial charge in [0, 0.05) is 54.3 Å². The molecule has 1 N–H and O–H groups in total. The summed E-state index contributed by atoms with van der Waals surface area (Å²) in [5.41, 5.74) is 2.73. The third-order valence-corrected chi connectivity index (χ3v) is 8.51. The first-order chi connectivity index (χ1) is 16.1. The zero-order chi connectivity index (χ0) is 22.7. The van der Waals surface area contributed by atoms with Crippen molar-refractivity contribution in [2.75, 3.05) is 44.3 Å². The summed E-state index contributed by atoms with van der Waals surface area (Å²) in [5.74, 6) is 0.0352. The van der Waals surface area contributed by atoms with Crippen LogP contribution in [0.1, 0.15) is 62.2 Å². The molecule has 2 aromatic rings. The molecule has 0 radical (unpaired) electrons. The molecule has 5 rings (SSSR count). The van der Waals surface area contributed by atoms with Crippen molar-refractivity contribution in [1.29, 1.82) is 0 Å². The Morgan fingerprint density at radius 2 is 1.76 bits per heavy atom. The molecule has 7 heteroatoms. The van der Waals surface area contributed by atoms with Gasteiger partial charge in [-0.15, -0.1) is 11.3 Å². The van der Waals surface area contributed by atoms with E-state index in [0.717, 1.165) is 74.2 Å². The van der Waals surface area contributed by atoms with E-state index in [1.807, 2.05) is 24.3 Å². The molecule has 1 aromatic carbocycles. The van der Waals surface area contributed by atoms with Crippen LogP contribution >= 0.6 is 11.3 Å². The zero-order valence-electron chi connectivity index (χ0n) is 19.7. The third-order valence-electron chi connectivity index (χ3n) is 7.60. The molecule has 3 aliphatic rings. The van der Waals surface area contributed by atoms with Crippen molar-refractivity contribution in [1.82, 2.24) is 15.2 Å². The molecule has 6 nitrogen and oxygen atoms in total. The highest BCUT2D eigenvalue weighted by atomic mass is 32.1. The Balaban J connectivity index is 1.17. The fourth-order valence-electron chi connectivity index (χ4n) is 5.50. The predicted molar refractivity (Wildman–Crippen MR) is 134 cm³/mol. The van der Waals surface area contributed by atoms with E-state index in [-0.39, 0.29) is 11.4 Å². The van der Waals surface area contributed by atoms with Gasteiger partial charge in [0.25, 0.3) is 5.91 Å². The summed E-state index contributed by atoms with van der Waals surface area (Å²) >= 11 is 1.72. The van der Waals surface area contributed by atoms with Crippen LogP contribution in [0.25, 0.3) is 11.3 Å². The minimum absolute atomic E-state index is 0.0352. The summed E-state index contributed by atoms with van der Waals surface area (Å²) < 4.78 is 5.50. The number of ether oxygens (including phenoxy) is 1. The second kappa shape index (κ2) is 10.1. The Bertz CT molecular complexity index is 924. The van der Waals surface area contributed by atoms with Crippen LogP contribution < -0.4 is 10.2 Å². The van der Waals surface area contributed by atoms with Crippen LogP contribution in [0.5, 0.6) is 0 Å². The van der Waals surface area contributed by atoms with Crippen LogP contribution in [0.3, 0.4) is 0 Å². The van der Waals surface area contributed by atoms with Gasteiger partial charge in [0.1, 0.15) is 0 Å². The lowest BCUT2D eigenvalue weighted by Crippen LogP contribution is -2.49. The molecule has 3 heterocycles. The van der Waals surface area contributed by atoms with Crippen molar-refractivity contribution in [3.8, 4) is 11.3 Å². The number of aromatic nitrogens is 1. The van der Waals surface area contributed by atoms with Crippen molar-refractivity contribution >= 4 is 22.4 Å². The Hall–Kier alpha value is -1.96. The van der Waals surface area contributed by atoms with Gasteiger partial charge < -0.3 is 15.0 Å². The lowest BCUT2D eigenvalue weighted by molar-refractivity contribution is 0.0115. The molecule has 1 aliphatic carbocycles. The van der Waals surface area contributed by atoms with Gasteiger partial charge in [-0.3, -0.25) is 9.69 Å². The summed E-state index contributed by atoms with van der Waals surface area (Å²) in [6.45, 7) is 8.18. The highest BCUT2D eigenvalue weighted by Gasteiger charge is 2.29. The molecule has 3 fully saturated rings. The first kappa shape index (κ1) is 22.8. The Kier molecular flexibility index (Phi) is 6.99. The number of carbonyl (C=O) groups excluding carboxylic acids is 1. The summed E-state index contributed by atoms with van der Waals surface area (Å²) in [4.78, 5) is 22.7. The number of rotatable bonds is 5. The number of amides is 1. The van der Waals surface area contributed by atoms with E-state index >= 15 is 0 Å². The number of hydrogen-bond acceptors (Lipinski definition) is 6. The standard InChI is InChI=1S/C26H36N4O2S/c1-26(11-3-2-4-12-26)28-24(31)21-7-5-20(6-8-21)23-19-33-25(27-23)30-13-9-22(10-14-30)29-15-17-32-18-16-29/h5-8,19,22H,2-4,9-18H2,1H3,(H,28,31). The summed E-state index contributed by atoms with van der Waals surface area (Å²) in [5, 5.41) is 6.52. The summed E-state index contributed by atoms with van der Waals surface area (Å²) in [6.07, 6.45) is 8.21. The molecular formula is C26H36N4O2S. The molecule has 0 spiro atoms. The highest BCUT2D eigenvalue weighted by Crippen LogP contribution is 2.31. The number of nitrogens with one attached hydrogen (secondary N) is 1. The largest absolute Gasteiger partial charge is 0.379 e. The minimum atomic E-state index is -0.0625. The first-order valence-corrected chi connectivity index (χ1v) is 13.4. The molecule has 0 unspecified atom stereocenters. The first-order valence-electron chi connectivity index (χ1n) is 12.5. The molecule has 33 heavy (non-hydrogen) atoms. The van der Waals surface area contributed by atoms with E-state index < -0.39 is 0 Å². The summed E-state index contributed by atoms with van der Waals surface area (Å²) in [6, 6.07) is 8.61. The van der Waals surface area contributed by atoms with Gasteiger partial charge in [0.05, 0.1) is 18.9 Å². The van der Waals surface area contributed by atoms with Gasteiger partial charge in [0.2, 0.25) is 0 Å². The van der Waals surface area contributed by atoms with Gasteiger partial charge in [-0.2, -0.15) is 0 Å². The maximum Gasteiger partial charge on any atom is 0.251 e. The Morgan fingerprint density at radius 3 is 2.45 bits per heavy atom. The molecule has 2 aliphatic heterocycles. The molecular weight excluding hydrogens is 432 g/mol. The molecule has 1 amide bonds. The molecule has 2 saturated heterocycles. The Morgan fingerprint density at radius 1 is 1.06 bits per heavy atom. The number of benzene rings is 1. The Labute approximate surface area is 201 Å². The smallest absolute Gasteiger partial charge is 0.251 e. The second-order valence-corrected chi connectivity index (χ2v) is 10.9. The quantitative estimate of drug-likeness (QED) is 0.697. The number of hydrogen-bond donors (Lipinski definition) is 1. The van der Waals surface area contributed by atoms with Gasteiger partial charge in [-0.1, -0.05) is 31.4 Å². The van der Waals surface area contributed by atoms with Crippen LogP contribution in [0.4, 0.5) is 5.13 Å². The topological polar surface area (TPSA) is 57.7 Å². The number of thiazole rings is 1. The van der Waals surface area contributed by atoms with Crippen molar-refractivity contribution in [3.05, 3.63) is 35.2 Å². The van der Waals surface area contributed by atoms with Crippen molar-refractivity contribution in [2.24, 2.45) is 0 Å². The van der Waals surface area contributed by atoms with Crippen LogP contribution in [-0.4, -0.2) is 66.8 Å². The van der Waals surface area contributed by atoms with E-state index in [4.69, 9.17) is 9.72 Å². The number of piperidine rings is 1. The van der Waals surface area contributed by atoms with E-state index in [1.54, 1.807) is 11.3 Å². The molecule has 0 bridgehead atoms. The van der Waals surface area contributed by atoms with Gasteiger partial charge >= 0.3 is 0 Å². The van der Waals surface area contributed by atoms with E-state index in [9.17, 15) is 4.79 Å².